The smallest absolute Gasteiger partial charge is 0.0622 e. The first-order valence-electron chi connectivity index (χ1n) is 14.1. The second kappa shape index (κ2) is 23.2. The summed E-state index contributed by atoms with van der Waals surface area (Å²) in [7, 11) is 11.5. The van der Waals surface area contributed by atoms with Crippen LogP contribution in [0.2, 0.25) is 0 Å². The SMILES string of the molecule is PCC[N-]Cc1cccs1.[Cl][Ru][Cl].c1ccc(-c2ccccc2)cc1.c1ccc([PH+](c2ccccc2)c2ccccc2)cc1. The standard InChI is InChI=1S/C18H15P.C12H10.C7H11NPS.2ClH.Ru/c1-4-10-16(11-5-1)19(17-12-6-2-7-13-17)18-14-8-3-9-15-18;1-3-7-11(8-4-1)12-9-5-2-6-10-12;9-4-3-8-6-7-2-1-5-10-7;;;/h1-15H;1-10H;1-2,5H,3-4,6,9H2;2*1H;/q;;-1;;;+2/p-1. The molecule has 0 radical (unpaired) electrons. The Morgan fingerprint density at radius 2 is 0.909 bits per heavy atom. The summed E-state index contributed by atoms with van der Waals surface area (Å²) in [5, 5.41) is 10.7. The van der Waals surface area contributed by atoms with Crippen molar-refractivity contribution >= 4 is 63.8 Å². The molecule has 1 aromatic heterocycles. The van der Waals surface area contributed by atoms with Crippen LogP contribution in [0, 0.1) is 0 Å². The summed E-state index contributed by atoms with van der Waals surface area (Å²) in [6, 6.07) is 57.5. The number of benzene rings is 5. The monoisotopic (exact) mass is 761 g/mol. The molecule has 1 heterocycles. The molecule has 0 saturated carbocycles. The molecular weight excluding hydrogens is 724 g/mol. The Hall–Kier alpha value is -2.18. The van der Waals surface area contributed by atoms with E-state index < -0.39 is 7.92 Å². The predicted octanol–water partition coefficient (Wildman–Crippen LogP) is 10.4. The van der Waals surface area contributed by atoms with Gasteiger partial charge in [0, 0.05) is 0 Å². The van der Waals surface area contributed by atoms with Gasteiger partial charge in [0.25, 0.3) is 0 Å². The largest absolute Gasteiger partial charge is 0.102 e. The zero-order valence-corrected chi connectivity index (χ0v) is 30.6. The van der Waals surface area contributed by atoms with Crippen molar-refractivity contribution < 1.29 is 15.1 Å². The van der Waals surface area contributed by atoms with Crippen LogP contribution in [0.1, 0.15) is 4.88 Å². The van der Waals surface area contributed by atoms with E-state index in [0.29, 0.717) is 0 Å². The van der Waals surface area contributed by atoms with Crippen LogP contribution in [-0.4, -0.2) is 12.7 Å². The minimum absolute atomic E-state index is 0.346. The van der Waals surface area contributed by atoms with Crippen LogP contribution in [-0.2, 0) is 21.7 Å². The molecule has 6 rings (SSSR count). The first-order valence-corrected chi connectivity index (χ1v) is 21.8. The van der Waals surface area contributed by atoms with Gasteiger partial charge in [0.1, 0.15) is 15.9 Å². The van der Waals surface area contributed by atoms with E-state index in [1.807, 2.05) is 12.1 Å². The third-order valence-electron chi connectivity index (χ3n) is 6.20. The molecule has 0 aliphatic rings. The Morgan fingerprint density at radius 1 is 0.545 bits per heavy atom. The van der Waals surface area contributed by atoms with E-state index in [4.69, 9.17) is 19.4 Å². The van der Waals surface area contributed by atoms with Crippen molar-refractivity contribution in [3.63, 3.8) is 0 Å². The third kappa shape index (κ3) is 13.9. The molecule has 0 N–H and O–H groups in total. The normalized spacial score (nSPS) is 10.0. The van der Waals surface area contributed by atoms with Gasteiger partial charge in [-0.1, -0.05) is 134 Å². The first kappa shape index (κ1) is 36.3. The van der Waals surface area contributed by atoms with Gasteiger partial charge in [0.05, 0.1) is 7.92 Å². The van der Waals surface area contributed by atoms with Gasteiger partial charge in [-0.3, -0.25) is 0 Å². The Bertz CT molecular complexity index is 1370. The molecule has 7 heteroatoms. The van der Waals surface area contributed by atoms with Crippen molar-refractivity contribution in [1.29, 1.82) is 0 Å². The summed E-state index contributed by atoms with van der Waals surface area (Å²) in [5.41, 5.74) is 2.55. The van der Waals surface area contributed by atoms with Crippen LogP contribution in [0.15, 0.2) is 169 Å². The van der Waals surface area contributed by atoms with E-state index in [9.17, 15) is 0 Å². The minimum atomic E-state index is -0.877. The van der Waals surface area contributed by atoms with Gasteiger partial charge in [0.15, 0.2) is 0 Å². The van der Waals surface area contributed by atoms with Gasteiger partial charge >= 0.3 is 34.5 Å². The number of thiophene rings is 1. The summed E-state index contributed by atoms with van der Waals surface area (Å²) in [6.07, 6.45) is 1.07. The van der Waals surface area contributed by atoms with Crippen LogP contribution >= 0.6 is 47.9 Å². The molecule has 0 saturated heterocycles. The number of rotatable bonds is 8. The van der Waals surface area contributed by atoms with Gasteiger partial charge in [-0.15, -0.1) is 22.3 Å². The predicted molar refractivity (Wildman–Crippen MR) is 201 cm³/mol. The first-order chi connectivity index (χ1) is 21.8. The molecule has 228 valence electrons. The van der Waals surface area contributed by atoms with Crippen molar-refractivity contribution in [3.8, 4) is 11.1 Å². The van der Waals surface area contributed by atoms with Gasteiger partial charge in [0.2, 0.25) is 0 Å². The van der Waals surface area contributed by atoms with Crippen molar-refractivity contribution in [1.82, 2.24) is 0 Å². The molecule has 1 atom stereocenters. The summed E-state index contributed by atoms with van der Waals surface area (Å²) in [4.78, 5) is 1.36. The Balaban J connectivity index is 0.000000183. The molecule has 5 aromatic carbocycles. The second-order valence-electron chi connectivity index (χ2n) is 9.23. The quantitative estimate of drug-likeness (QED) is 0.0833. The Morgan fingerprint density at radius 3 is 1.23 bits per heavy atom. The maximum Gasteiger partial charge on any atom is 0.102 e. The number of hydrogen-bond acceptors (Lipinski definition) is 1. The van der Waals surface area contributed by atoms with E-state index in [1.54, 1.807) is 11.3 Å². The van der Waals surface area contributed by atoms with Crippen molar-refractivity contribution in [2.75, 3.05) is 12.7 Å². The molecular formula is C37H37Cl2NP2RuS. The average Bonchev–Trinajstić information content (AvgIpc) is 3.62. The Labute approximate surface area is 286 Å². The maximum absolute atomic E-state index is 4.85. The molecule has 1 unspecified atom stereocenters. The van der Waals surface area contributed by atoms with Gasteiger partial charge < -0.3 is 5.32 Å². The third-order valence-corrected chi connectivity index (χ3v) is 10.1. The minimum Gasteiger partial charge on any atom is -0.0622 e. The van der Waals surface area contributed by atoms with Crippen molar-refractivity contribution in [2.45, 2.75) is 6.54 Å². The van der Waals surface area contributed by atoms with Crippen LogP contribution < -0.4 is 15.9 Å². The van der Waals surface area contributed by atoms with Gasteiger partial charge in [-0.05, 0) is 57.8 Å². The van der Waals surface area contributed by atoms with Gasteiger partial charge in [-0.2, -0.15) is 11.3 Å². The molecule has 0 fully saturated rings. The summed E-state index contributed by atoms with van der Waals surface area (Å²) in [6.45, 7) is 1.86. The number of hydrogen-bond donors (Lipinski definition) is 0. The van der Waals surface area contributed by atoms with Crippen molar-refractivity contribution in [2.24, 2.45) is 0 Å². The topological polar surface area (TPSA) is 14.1 Å². The molecule has 44 heavy (non-hydrogen) atoms. The van der Waals surface area contributed by atoms with Crippen LogP contribution in [0.3, 0.4) is 0 Å². The van der Waals surface area contributed by atoms with Crippen LogP contribution in [0.4, 0.5) is 0 Å². The fraction of sp³-hybridized carbons (Fsp3) is 0.0811. The fourth-order valence-corrected chi connectivity index (χ4v) is 7.67. The zero-order chi connectivity index (χ0) is 31.1. The van der Waals surface area contributed by atoms with E-state index in [2.05, 4.69) is 172 Å². The maximum atomic E-state index is 4.85. The van der Waals surface area contributed by atoms with E-state index in [0.717, 1.165) is 19.3 Å². The summed E-state index contributed by atoms with van der Waals surface area (Å²) >= 11 is 1.43. The number of halogens is 2. The number of nitrogens with zero attached hydrogens (tertiary/aromatic N) is 1. The summed E-state index contributed by atoms with van der Waals surface area (Å²) in [5.74, 6) is 0. The molecule has 0 spiro atoms. The Kier molecular flexibility index (Phi) is 19.1. The van der Waals surface area contributed by atoms with Crippen LogP contribution in [0.5, 0.6) is 0 Å². The van der Waals surface area contributed by atoms with Crippen LogP contribution in [0.25, 0.3) is 16.4 Å². The van der Waals surface area contributed by atoms with E-state index in [1.165, 1.54) is 31.9 Å². The van der Waals surface area contributed by atoms with E-state index >= 15 is 0 Å². The molecule has 0 amide bonds. The molecule has 1 nitrogen and oxygen atoms in total. The zero-order valence-electron chi connectivity index (χ0n) is 24.3. The fourth-order valence-electron chi connectivity index (χ4n) is 4.26. The molecule has 0 aliphatic heterocycles. The summed E-state index contributed by atoms with van der Waals surface area (Å²) < 4.78 is 0. The molecule has 0 bridgehead atoms. The molecule has 6 aromatic rings. The van der Waals surface area contributed by atoms with E-state index in [-0.39, 0.29) is 15.1 Å². The van der Waals surface area contributed by atoms with Gasteiger partial charge in [-0.25, -0.2) is 0 Å². The average molecular weight is 762 g/mol. The second-order valence-corrected chi connectivity index (χ2v) is 16.0. The van der Waals surface area contributed by atoms with Crippen molar-refractivity contribution in [3.05, 3.63) is 179 Å². The molecule has 0 aliphatic carbocycles.